The first-order valence-electron chi connectivity index (χ1n) is 4.95. The van der Waals surface area contributed by atoms with Crippen molar-refractivity contribution >= 4 is 5.82 Å². The maximum Gasteiger partial charge on any atom is 0.154 e. The number of nitrogens with two attached hydrogens (primary N) is 1. The number of rotatable bonds is 2. The smallest absolute Gasteiger partial charge is 0.154 e. The van der Waals surface area contributed by atoms with Gasteiger partial charge in [0.2, 0.25) is 0 Å². The number of pyridine rings is 1. The Hall–Kier alpha value is -1.84. The Morgan fingerprint density at radius 3 is 2.73 bits per heavy atom. The average Bonchev–Trinajstić information content (AvgIpc) is 2.61. The predicted molar refractivity (Wildman–Crippen MR) is 60.3 cm³/mol. The number of nitrogens with one attached hydrogen (secondary N) is 1. The molecule has 0 saturated heterocycles. The summed E-state index contributed by atoms with van der Waals surface area (Å²) in [5, 5.41) is 6.98. The molecule has 4 nitrogen and oxygen atoms in total. The van der Waals surface area contributed by atoms with Gasteiger partial charge in [-0.25, -0.2) is 0 Å². The van der Waals surface area contributed by atoms with Crippen molar-refractivity contribution in [2.75, 3.05) is 5.73 Å². The fourth-order valence-corrected chi connectivity index (χ4v) is 1.57. The average molecular weight is 202 g/mol. The van der Waals surface area contributed by atoms with Gasteiger partial charge in [-0.2, -0.15) is 5.10 Å². The van der Waals surface area contributed by atoms with Gasteiger partial charge in [0.25, 0.3) is 0 Å². The lowest BCUT2D eigenvalue weighted by Gasteiger charge is -2.05. The lowest BCUT2D eigenvalue weighted by molar-refractivity contribution is 0.812. The van der Waals surface area contributed by atoms with E-state index in [0.717, 1.165) is 17.0 Å². The second-order valence-electron chi connectivity index (χ2n) is 3.77. The van der Waals surface area contributed by atoms with E-state index in [1.54, 1.807) is 6.20 Å². The predicted octanol–water partition coefficient (Wildman–Crippen LogP) is 2.18. The van der Waals surface area contributed by atoms with Gasteiger partial charge >= 0.3 is 0 Å². The molecule has 3 N–H and O–H groups in total. The molecule has 0 bridgehead atoms. The maximum absolute atomic E-state index is 5.83. The summed E-state index contributed by atoms with van der Waals surface area (Å²) < 4.78 is 0. The molecule has 2 heterocycles. The number of aromatic amines is 1. The molecule has 2 aromatic rings. The summed E-state index contributed by atoms with van der Waals surface area (Å²) in [5.74, 6) is 0.865. The Morgan fingerprint density at radius 1 is 1.33 bits per heavy atom. The van der Waals surface area contributed by atoms with Gasteiger partial charge in [0.15, 0.2) is 5.82 Å². The summed E-state index contributed by atoms with van der Waals surface area (Å²) in [5.41, 5.74) is 8.65. The standard InChI is InChI=1S/C11H14N4/c1-7(2)10-9(11(12)15-14-10)8-5-3-4-6-13-8/h3-7H,1-2H3,(H3,12,14,15). The fourth-order valence-electron chi connectivity index (χ4n) is 1.57. The zero-order valence-electron chi connectivity index (χ0n) is 8.86. The number of hydrogen-bond acceptors (Lipinski definition) is 3. The summed E-state index contributed by atoms with van der Waals surface area (Å²) >= 11 is 0. The molecule has 4 heteroatoms. The van der Waals surface area contributed by atoms with Crippen molar-refractivity contribution < 1.29 is 0 Å². The van der Waals surface area contributed by atoms with Crippen LogP contribution in [-0.4, -0.2) is 15.2 Å². The van der Waals surface area contributed by atoms with Crippen LogP contribution in [0.15, 0.2) is 24.4 Å². The van der Waals surface area contributed by atoms with Crippen molar-refractivity contribution in [3.63, 3.8) is 0 Å². The minimum absolute atomic E-state index is 0.354. The van der Waals surface area contributed by atoms with Crippen molar-refractivity contribution in [1.29, 1.82) is 0 Å². The van der Waals surface area contributed by atoms with Gasteiger partial charge in [0, 0.05) is 11.9 Å². The highest BCUT2D eigenvalue weighted by atomic mass is 15.2. The van der Waals surface area contributed by atoms with E-state index in [9.17, 15) is 0 Å². The van der Waals surface area contributed by atoms with Crippen LogP contribution in [0, 0.1) is 0 Å². The molecule has 2 rings (SSSR count). The Balaban J connectivity index is 2.57. The zero-order valence-corrected chi connectivity index (χ0v) is 8.86. The Kier molecular flexibility index (Phi) is 2.41. The monoisotopic (exact) mass is 202 g/mol. The van der Waals surface area contributed by atoms with Crippen LogP contribution in [-0.2, 0) is 0 Å². The summed E-state index contributed by atoms with van der Waals surface area (Å²) in [6.45, 7) is 4.19. The van der Waals surface area contributed by atoms with Crippen molar-refractivity contribution in [2.24, 2.45) is 0 Å². The van der Waals surface area contributed by atoms with Gasteiger partial charge in [-0.05, 0) is 18.1 Å². The number of hydrogen-bond donors (Lipinski definition) is 2. The SMILES string of the molecule is CC(C)c1[nH]nc(N)c1-c1ccccn1. The van der Waals surface area contributed by atoms with Crippen LogP contribution < -0.4 is 5.73 Å². The molecule has 0 fully saturated rings. The van der Waals surface area contributed by atoms with Gasteiger partial charge in [0.05, 0.1) is 11.3 Å². The van der Waals surface area contributed by atoms with E-state index in [2.05, 4.69) is 29.0 Å². The highest BCUT2D eigenvalue weighted by Crippen LogP contribution is 2.30. The topological polar surface area (TPSA) is 67.6 Å². The normalized spacial score (nSPS) is 10.9. The summed E-state index contributed by atoms with van der Waals surface area (Å²) in [6.07, 6.45) is 1.76. The third-order valence-electron chi connectivity index (χ3n) is 2.32. The molecule has 78 valence electrons. The van der Waals surface area contributed by atoms with E-state index in [-0.39, 0.29) is 0 Å². The lowest BCUT2D eigenvalue weighted by Crippen LogP contribution is -1.94. The Bertz CT molecular complexity index is 445. The van der Waals surface area contributed by atoms with E-state index in [1.165, 1.54) is 0 Å². The summed E-state index contributed by atoms with van der Waals surface area (Å²) in [7, 11) is 0. The number of aromatic nitrogens is 3. The van der Waals surface area contributed by atoms with Gasteiger partial charge in [0.1, 0.15) is 0 Å². The van der Waals surface area contributed by atoms with Crippen molar-refractivity contribution in [2.45, 2.75) is 19.8 Å². The number of nitrogen functional groups attached to an aromatic ring is 1. The molecule has 0 aliphatic rings. The van der Waals surface area contributed by atoms with Crippen LogP contribution >= 0.6 is 0 Å². The molecule has 0 unspecified atom stereocenters. The highest BCUT2D eigenvalue weighted by molar-refractivity contribution is 5.73. The maximum atomic E-state index is 5.83. The molecular weight excluding hydrogens is 188 g/mol. The molecule has 0 amide bonds. The van der Waals surface area contributed by atoms with Crippen molar-refractivity contribution in [3.05, 3.63) is 30.1 Å². The minimum Gasteiger partial charge on any atom is -0.382 e. The molecule has 0 aliphatic carbocycles. The largest absolute Gasteiger partial charge is 0.382 e. The first kappa shape index (κ1) is 9.71. The third kappa shape index (κ3) is 1.70. The Labute approximate surface area is 88.5 Å². The highest BCUT2D eigenvalue weighted by Gasteiger charge is 2.15. The van der Waals surface area contributed by atoms with E-state index < -0.39 is 0 Å². The van der Waals surface area contributed by atoms with Crippen LogP contribution in [0.25, 0.3) is 11.3 Å². The van der Waals surface area contributed by atoms with Crippen molar-refractivity contribution in [1.82, 2.24) is 15.2 Å². The van der Waals surface area contributed by atoms with E-state index in [0.29, 0.717) is 11.7 Å². The first-order chi connectivity index (χ1) is 7.20. The molecular formula is C11H14N4. The Morgan fingerprint density at radius 2 is 2.13 bits per heavy atom. The molecule has 0 radical (unpaired) electrons. The molecule has 0 aromatic carbocycles. The minimum atomic E-state index is 0.354. The van der Waals surface area contributed by atoms with Gasteiger partial charge in [-0.15, -0.1) is 0 Å². The van der Waals surface area contributed by atoms with Crippen LogP contribution in [0.1, 0.15) is 25.5 Å². The van der Waals surface area contributed by atoms with E-state index in [1.807, 2.05) is 18.2 Å². The molecule has 0 saturated carbocycles. The summed E-state index contributed by atoms with van der Waals surface area (Å²) in [4.78, 5) is 4.29. The molecule has 0 aliphatic heterocycles. The van der Waals surface area contributed by atoms with Gasteiger partial charge in [-0.1, -0.05) is 19.9 Å². The molecule has 0 spiro atoms. The summed E-state index contributed by atoms with van der Waals surface area (Å²) in [6, 6.07) is 5.76. The molecule has 15 heavy (non-hydrogen) atoms. The van der Waals surface area contributed by atoms with Crippen LogP contribution in [0.3, 0.4) is 0 Å². The van der Waals surface area contributed by atoms with E-state index in [4.69, 9.17) is 5.73 Å². The van der Waals surface area contributed by atoms with Gasteiger partial charge in [-0.3, -0.25) is 10.1 Å². The van der Waals surface area contributed by atoms with Crippen LogP contribution in [0.5, 0.6) is 0 Å². The number of nitrogens with zero attached hydrogens (tertiary/aromatic N) is 2. The fraction of sp³-hybridized carbons (Fsp3) is 0.273. The quantitative estimate of drug-likeness (QED) is 0.784. The number of H-pyrrole nitrogens is 1. The second kappa shape index (κ2) is 3.73. The van der Waals surface area contributed by atoms with E-state index >= 15 is 0 Å². The molecule has 2 aromatic heterocycles. The third-order valence-corrected chi connectivity index (χ3v) is 2.32. The lowest BCUT2D eigenvalue weighted by atomic mass is 10.0. The van der Waals surface area contributed by atoms with Crippen molar-refractivity contribution in [3.8, 4) is 11.3 Å². The van der Waals surface area contributed by atoms with Crippen LogP contribution in [0.2, 0.25) is 0 Å². The molecule has 0 atom stereocenters. The van der Waals surface area contributed by atoms with Gasteiger partial charge < -0.3 is 5.73 Å². The second-order valence-corrected chi connectivity index (χ2v) is 3.77. The van der Waals surface area contributed by atoms with Crippen LogP contribution in [0.4, 0.5) is 5.82 Å². The first-order valence-corrected chi connectivity index (χ1v) is 4.95. The zero-order chi connectivity index (χ0) is 10.8. The number of anilines is 1.